The molecule has 0 radical (unpaired) electrons. The van der Waals surface area contributed by atoms with Crippen molar-refractivity contribution in [2.75, 3.05) is 26.1 Å². The molecule has 7 heteroatoms. The van der Waals surface area contributed by atoms with Crippen LogP contribution in [0.2, 0.25) is 0 Å². The summed E-state index contributed by atoms with van der Waals surface area (Å²) >= 11 is 0. The fourth-order valence-corrected chi connectivity index (χ4v) is 2.27. The number of amides is 1. The molecule has 138 valence electrons. The second-order valence-electron chi connectivity index (χ2n) is 5.42. The lowest BCUT2D eigenvalue weighted by molar-refractivity contribution is -0.147. The third-order valence-corrected chi connectivity index (χ3v) is 3.61. The van der Waals surface area contributed by atoms with Gasteiger partial charge in [-0.3, -0.25) is 9.59 Å². The number of nitrogens with one attached hydrogen (secondary N) is 1. The molecule has 2 aromatic rings. The fourth-order valence-electron chi connectivity index (χ4n) is 2.27. The van der Waals surface area contributed by atoms with Gasteiger partial charge in [0.15, 0.2) is 18.1 Å². The van der Waals surface area contributed by atoms with Gasteiger partial charge in [0.05, 0.1) is 19.9 Å². The summed E-state index contributed by atoms with van der Waals surface area (Å²) in [6, 6.07) is 11.7. The summed E-state index contributed by atoms with van der Waals surface area (Å²) in [7, 11) is 3.09. The Balaban J connectivity index is 1.78. The Hall–Kier alpha value is -3.22. The van der Waals surface area contributed by atoms with Crippen LogP contribution in [0.5, 0.6) is 17.2 Å². The van der Waals surface area contributed by atoms with Crippen LogP contribution in [-0.4, -0.2) is 37.8 Å². The highest BCUT2D eigenvalue weighted by molar-refractivity contribution is 5.94. The molecule has 0 saturated carbocycles. The average molecular weight is 359 g/mol. The summed E-state index contributed by atoms with van der Waals surface area (Å²) in [4.78, 5) is 23.6. The molecule has 0 aliphatic heterocycles. The van der Waals surface area contributed by atoms with Crippen molar-refractivity contribution in [3.8, 4) is 17.2 Å². The van der Waals surface area contributed by atoms with E-state index in [2.05, 4.69) is 5.32 Å². The number of para-hydroxylation sites is 2. The van der Waals surface area contributed by atoms with Gasteiger partial charge in [-0.25, -0.2) is 0 Å². The van der Waals surface area contributed by atoms with E-state index in [-0.39, 0.29) is 17.9 Å². The van der Waals surface area contributed by atoms with E-state index in [4.69, 9.17) is 14.2 Å². The van der Waals surface area contributed by atoms with Crippen LogP contribution in [0.15, 0.2) is 42.5 Å². The van der Waals surface area contributed by atoms with E-state index in [1.165, 1.54) is 6.07 Å². The van der Waals surface area contributed by atoms with Crippen molar-refractivity contribution in [1.82, 2.24) is 0 Å². The monoisotopic (exact) mass is 359 g/mol. The van der Waals surface area contributed by atoms with Crippen LogP contribution in [0.4, 0.5) is 5.69 Å². The Morgan fingerprint density at radius 2 is 1.77 bits per heavy atom. The highest BCUT2D eigenvalue weighted by Gasteiger charge is 2.11. The number of phenolic OH excluding ortho intramolecular Hbond substituents is 1. The van der Waals surface area contributed by atoms with Crippen molar-refractivity contribution in [3.05, 3.63) is 48.0 Å². The highest BCUT2D eigenvalue weighted by Crippen LogP contribution is 2.28. The zero-order valence-corrected chi connectivity index (χ0v) is 14.7. The molecule has 7 nitrogen and oxygen atoms in total. The van der Waals surface area contributed by atoms with Crippen molar-refractivity contribution >= 4 is 17.6 Å². The molecule has 0 unspecified atom stereocenters. The summed E-state index contributed by atoms with van der Waals surface area (Å²) in [5, 5.41) is 12.1. The zero-order chi connectivity index (χ0) is 18.9. The Bertz CT molecular complexity index is 774. The van der Waals surface area contributed by atoms with Crippen LogP contribution >= 0.6 is 0 Å². The molecule has 0 saturated heterocycles. The largest absolute Gasteiger partial charge is 0.506 e. The maximum Gasteiger partial charge on any atom is 0.306 e. The number of aryl methyl sites for hydroxylation is 1. The van der Waals surface area contributed by atoms with Crippen LogP contribution in [-0.2, 0) is 20.7 Å². The van der Waals surface area contributed by atoms with Gasteiger partial charge >= 0.3 is 5.97 Å². The maximum absolute atomic E-state index is 11.8. The van der Waals surface area contributed by atoms with Gasteiger partial charge in [-0.15, -0.1) is 0 Å². The number of rotatable bonds is 8. The lowest BCUT2D eigenvalue weighted by Crippen LogP contribution is -2.21. The molecule has 0 aliphatic rings. The van der Waals surface area contributed by atoms with Gasteiger partial charge < -0.3 is 24.6 Å². The number of anilines is 1. The molecular weight excluding hydrogens is 338 g/mol. The number of hydrogen-bond acceptors (Lipinski definition) is 6. The molecule has 2 aromatic carbocycles. The topological polar surface area (TPSA) is 94.1 Å². The fraction of sp³-hybridized carbons (Fsp3) is 0.263. The van der Waals surface area contributed by atoms with Crippen LogP contribution < -0.4 is 14.8 Å². The molecule has 2 rings (SSSR count). The SMILES string of the molecule is COc1ccc(CCC(=O)OCC(=O)Nc2ccccc2O)cc1OC. The molecule has 0 atom stereocenters. The Morgan fingerprint density at radius 3 is 2.46 bits per heavy atom. The number of aromatic hydroxyl groups is 1. The molecule has 0 heterocycles. The Labute approximate surface area is 151 Å². The predicted octanol–water partition coefficient (Wildman–Crippen LogP) is 2.52. The normalized spacial score (nSPS) is 10.1. The van der Waals surface area contributed by atoms with Crippen molar-refractivity contribution in [1.29, 1.82) is 0 Å². The number of phenols is 1. The molecule has 0 bridgehead atoms. The maximum atomic E-state index is 11.8. The van der Waals surface area contributed by atoms with Gasteiger partial charge in [0.25, 0.3) is 5.91 Å². The average Bonchev–Trinajstić information content (AvgIpc) is 2.66. The van der Waals surface area contributed by atoms with Gasteiger partial charge in [0, 0.05) is 6.42 Å². The van der Waals surface area contributed by atoms with E-state index in [1.807, 2.05) is 6.07 Å². The minimum atomic E-state index is -0.522. The zero-order valence-electron chi connectivity index (χ0n) is 14.7. The molecule has 1 amide bonds. The summed E-state index contributed by atoms with van der Waals surface area (Å²) < 4.78 is 15.3. The molecule has 0 aromatic heterocycles. The van der Waals surface area contributed by atoms with E-state index in [1.54, 1.807) is 44.6 Å². The summed E-state index contributed by atoms with van der Waals surface area (Å²) in [5.41, 5.74) is 1.15. The summed E-state index contributed by atoms with van der Waals surface area (Å²) in [5.74, 6) is 0.124. The van der Waals surface area contributed by atoms with E-state index in [0.29, 0.717) is 17.9 Å². The first-order valence-corrected chi connectivity index (χ1v) is 7.98. The minimum absolute atomic E-state index is 0.0550. The van der Waals surface area contributed by atoms with E-state index < -0.39 is 18.5 Å². The smallest absolute Gasteiger partial charge is 0.306 e. The third-order valence-electron chi connectivity index (χ3n) is 3.61. The highest BCUT2D eigenvalue weighted by atomic mass is 16.5. The quantitative estimate of drug-likeness (QED) is 0.556. The first-order valence-electron chi connectivity index (χ1n) is 7.98. The number of carbonyl (C=O) groups excluding carboxylic acids is 2. The first-order chi connectivity index (χ1) is 12.5. The summed E-state index contributed by atoms with van der Waals surface area (Å²) in [6.07, 6.45) is 0.569. The van der Waals surface area contributed by atoms with Gasteiger partial charge in [-0.05, 0) is 36.2 Å². The van der Waals surface area contributed by atoms with Crippen molar-refractivity contribution in [2.45, 2.75) is 12.8 Å². The van der Waals surface area contributed by atoms with Crippen molar-refractivity contribution < 1.29 is 28.9 Å². The number of esters is 1. The molecule has 26 heavy (non-hydrogen) atoms. The van der Waals surface area contributed by atoms with E-state index in [0.717, 1.165) is 5.56 Å². The van der Waals surface area contributed by atoms with Crippen LogP contribution in [0, 0.1) is 0 Å². The molecular formula is C19H21NO6. The Morgan fingerprint density at radius 1 is 1.04 bits per heavy atom. The number of ether oxygens (including phenoxy) is 3. The lowest BCUT2D eigenvalue weighted by Gasteiger charge is -2.10. The molecule has 0 aliphatic carbocycles. The number of methoxy groups -OCH3 is 2. The van der Waals surface area contributed by atoms with Gasteiger partial charge in [0.1, 0.15) is 5.75 Å². The van der Waals surface area contributed by atoms with Gasteiger partial charge in [-0.2, -0.15) is 0 Å². The minimum Gasteiger partial charge on any atom is -0.506 e. The van der Waals surface area contributed by atoms with Gasteiger partial charge in [0.2, 0.25) is 0 Å². The lowest BCUT2D eigenvalue weighted by atomic mass is 10.1. The van der Waals surface area contributed by atoms with Crippen LogP contribution in [0.25, 0.3) is 0 Å². The Kier molecular flexibility index (Phi) is 6.84. The number of carbonyl (C=O) groups is 2. The standard InChI is InChI=1S/C19H21NO6/c1-24-16-9-7-13(11-17(16)25-2)8-10-19(23)26-12-18(22)20-14-5-3-4-6-15(14)21/h3-7,9,11,21H,8,10,12H2,1-2H3,(H,20,22). The summed E-state index contributed by atoms with van der Waals surface area (Å²) in [6.45, 7) is -0.418. The number of hydrogen-bond donors (Lipinski definition) is 2. The van der Waals surface area contributed by atoms with Gasteiger partial charge in [-0.1, -0.05) is 18.2 Å². The number of benzene rings is 2. The first kappa shape index (κ1) is 19.1. The van der Waals surface area contributed by atoms with E-state index >= 15 is 0 Å². The predicted molar refractivity (Wildman–Crippen MR) is 95.6 cm³/mol. The van der Waals surface area contributed by atoms with E-state index in [9.17, 15) is 14.7 Å². The molecule has 2 N–H and O–H groups in total. The molecule has 0 fully saturated rings. The van der Waals surface area contributed by atoms with Crippen LogP contribution in [0.1, 0.15) is 12.0 Å². The third kappa shape index (κ3) is 5.41. The molecule has 0 spiro atoms. The van der Waals surface area contributed by atoms with Crippen molar-refractivity contribution in [3.63, 3.8) is 0 Å². The second-order valence-corrected chi connectivity index (χ2v) is 5.42. The van der Waals surface area contributed by atoms with Crippen molar-refractivity contribution in [2.24, 2.45) is 0 Å². The second kappa shape index (κ2) is 9.31. The van der Waals surface area contributed by atoms with Crippen LogP contribution in [0.3, 0.4) is 0 Å².